The predicted octanol–water partition coefficient (Wildman–Crippen LogP) is 1.39. The van der Waals surface area contributed by atoms with Crippen LogP contribution in [0.25, 0.3) is 0 Å². The van der Waals surface area contributed by atoms with Crippen LogP contribution in [0.2, 0.25) is 0 Å². The van der Waals surface area contributed by atoms with Crippen molar-refractivity contribution in [2.45, 2.75) is 25.7 Å². The molecule has 1 rings (SSSR count). The summed E-state index contributed by atoms with van der Waals surface area (Å²) in [7, 11) is 0. The molecule has 1 N–H and O–H groups in total. The molecular weight excluding hydrogens is 225 g/mol. The molecule has 1 aliphatic heterocycles. The van der Waals surface area contributed by atoms with Gasteiger partial charge >= 0.3 is 12.1 Å². The van der Waals surface area contributed by atoms with Crippen molar-refractivity contribution in [1.29, 1.82) is 0 Å². The first-order valence-electron chi connectivity index (χ1n) is 4.57. The van der Waals surface area contributed by atoms with E-state index in [0.29, 0.717) is 0 Å². The summed E-state index contributed by atoms with van der Waals surface area (Å²) in [4.78, 5) is 15.1. The lowest BCUT2D eigenvalue weighted by atomic mass is 10.1. The van der Waals surface area contributed by atoms with Crippen LogP contribution in [0.15, 0.2) is 16.8 Å². The number of nitrogens with zero attached hydrogens (tertiary/aromatic N) is 1. The van der Waals surface area contributed by atoms with E-state index in [2.05, 4.69) is 9.73 Å². The first kappa shape index (κ1) is 12.5. The van der Waals surface area contributed by atoms with Gasteiger partial charge in [-0.05, 0) is 19.9 Å². The summed E-state index contributed by atoms with van der Waals surface area (Å²) in [5, 5.41) is 2.02. The summed E-state index contributed by atoms with van der Waals surface area (Å²) >= 11 is 0. The Hall–Kier alpha value is -1.53. The fourth-order valence-electron chi connectivity index (χ4n) is 1.14. The van der Waals surface area contributed by atoms with Gasteiger partial charge in [0.1, 0.15) is 5.70 Å². The Balaban J connectivity index is 2.87. The number of allylic oxidation sites excluding steroid dienone is 2. The van der Waals surface area contributed by atoms with Crippen molar-refractivity contribution in [1.82, 2.24) is 5.32 Å². The molecule has 1 aliphatic rings. The molecule has 4 nitrogen and oxygen atoms in total. The summed E-state index contributed by atoms with van der Waals surface area (Å²) in [5.74, 6) is -0.846. The predicted molar refractivity (Wildman–Crippen MR) is 50.8 cm³/mol. The zero-order valence-corrected chi connectivity index (χ0v) is 8.76. The smallest absolute Gasteiger partial charge is 0.431 e. The number of rotatable bonds is 2. The van der Waals surface area contributed by atoms with E-state index < -0.39 is 23.5 Å². The van der Waals surface area contributed by atoms with E-state index in [1.165, 1.54) is 6.92 Å². The maximum atomic E-state index is 12.4. The average molecular weight is 236 g/mol. The molecule has 90 valence electrons. The van der Waals surface area contributed by atoms with Gasteiger partial charge in [-0.25, -0.2) is 4.79 Å². The van der Waals surface area contributed by atoms with E-state index in [9.17, 15) is 18.0 Å². The van der Waals surface area contributed by atoms with Crippen molar-refractivity contribution < 1.29 is 22.7 Å². The minimum Gasteiger partial charge on any atom is -0.463 e. The number of carbonyl (C=O) groups is 1. The van der Waals surface area contributed by atoms with Crippen LogP contribution in [0.3, 0.4) is 0 Å². The third kappa shape index (κ3) is 2.53. The van der Waals surface area contributed by atoms with Gasteiger partial charge in [0.25, 0.3) is 0 Å². The molecule has 0 aromatic heterocycles. The molecule has 0 spiro atoms. The van der Waals surface area contributed by atoms with Crippen molar-refractivity contribution in [3.63, 3.8) is 0 Å². The Kier molecular flexibility index (Phi) is 3.25. The number of aliphatic imine (C=N–C) groups is 1. The lowest BCUT2D eigenvalue weighted by Gasteiger charge is -2.29. The molecule has 0 aromatic carbocycles. The van der Waals surface area contributed by atoms with E-state index >= 15 is 0 Å². The monoisotopic (exact) mass is 236 g/mol. The topological polar surface area (TPSA) is 50.7 Å². The maximum absolute atomic E-state index is 12.4. The van der Waals surface area contributed by atoms with Crippen LogP contribution in [0.5, 0.6) is 0 Å². The lowest BCUT2D eigenvalue weighted by molar-refractivity contribution is -0.151. The van der Waals surface area contributed by atoms with Crippen LogP contribution in [-0.2, 0) is 9.53 Å². The summed E-state index contributed by atoms with van der Waals surface area (Å²) in [6.45, 7) is 2.87. The van der Waals surface area contributed by atoms with Crippen LogP contribution < -0.4 is 5.32 Å². The zero-order valence-electron chi connectivity index (χ0n) is 8.76. The molecule has 7 heteroatoms. The molecule has 0 amide bonds. The first-order valence-corrected chi connectivity index (χ1v) is 4.57. The minimum absolute atomic E-state index is 0.0800. The molecular formula is C9H11F3N2O2. The van der Waals surface area contributed by atoms with Gasteiger partial charge in [-0.15, -0.1) is 0 Å². The fraction of sp³-hybridized carbons (Fsp3) is 0.556. The number of carbonyl (C=O) groups excluding carboxylic acids is 1. The maximum Gasteiger partial charge on any atom is 0.431 e. The number of alkyl halides is 3. The highest BCUT2D eigenvalue weighted by molar-refractivity contribution is 5.86. The van der Waals surface area contributed by atoms with Gasteiger partial charge in [-0.2, -0.15) is 13.2 Å². The number of halogens is 3. The Morgan fingerprint density at radius 1 is 1.62 bits per heavy atom. The highest BCUT2D eigenvalue weighted by Gasteiger charge is 2.43. The van der Waals surface area contributed by atoms with Gasteiger partial charge in [0.05, 0.1) is 6.61 Å². The standard InChI is InChI=1S/C9H11F3N2O2/c1-3-16-7(15)8(2)13-5-4-6(14-8)9(10,11)12/h4-5,14H,3H2,1-2H3. The summed E-state index contributed by atoms with van der Waals surface area (Å²) in [6, 6.07) is 0. The van der Waals surface area contributed by atoms with Gasteiger partial charge in [0, 0.05) is 6.21 Å². The molecule has 1 unspecified atom stereocenters. The van der Waals surface area contributed by atoms with Crippen molar-refractivity contribution in [2.75, 3.05) is 6.61 Å². The van der Waals surface area contributed by atoms with E-state index in [1.54, 1.807) is 6.92 Å². The number of ether oxygens (including phenoxy) is 1. The minimum atomic E-state index is -4.54. The number of nitrogens with one attached hydrogen (secondary N) is 1. The third-order valence-electron chi connectivity index (χ3n) is 1.93. The molecule has 0 aliphatic carbocycles. The van der Waals surface area contributed by atoms with E-state index in [0.717, 1.165) is 12.3 Å². The molecule has 0 radical (unpaired) electrons. The Labute approximate surface area is 90.2 Å². The molecule has 1 atom stereocenters. The first-order chi connectivity index (χ1) is 7.29. The zero-order chi connectivity index (χ0) is 12.4. The van der Waals surface area contributed by atoms with Crippen LogP contribution in [-0.4, -0.2) is 30.6 Å². The van der Waals surface area contributed by atoms with Crippen molar-refractivity contribution in [2.24, 2.45) is 4.99 Å². The van der Waals surface area contributed by atoms with E-state index in [-0.39, 0.29) is 6.61 Å². The van der Waals surface area contributed by atoms with Crippen molar-refractivity contribution >= 4 is 12.2 Å². The largest absolute Gasteiger partial charge is 0.463 e. The molecule has 0 bridgehead atoms. The molecule has 0 fully saturated rings. The van der Waals surface area contributed by atoms with Crippen LogP contribution >= 0.6 is 0 Å². The van der Waals surface area contributed by atoms with Gasteiger partial charge in [0.2, 0.25) is 5.66 Å². The number of hydrogen-bond acceptors (Lipinski definition) is 4. The quantitative estimate of drug-likeness (QED) is 0.737. The number of esters is 1. The van der Waals surface area contributed by atoms with Gasteiger partial charge in [-0.3, -0.25) is 4.99 Å². The normalized spacial score (nSPS) is 24.7. The van der Waals surface area contributed by atoms with Crippen molar-refractivity contribution in [3.05, 3.63) is 11.8 Å². The summed E-state index contributed by atoms with van der Waals surface area (Å²) < 4.78 is 41.8. The van der Waals surface area contributed by atoms with Gasteiger partial charge in [0.15, 0.2) is 0 Å². The number of hydrogen-bond donors (Lipinski definition) is 1. The average Bonchev–Trinajstić information content (AvgIpc) is 2.17. The van der Waals surface area contributed by atoms with Crippen LogP contribution in [0, 0.1) is 0 Å². The Morgan fingerprint density at radius 3 is 2.75 bits per heavy atom. The molecule has 0 saturated heterocycles. The highest BCUT2D eigenvalue weighted by atomic mass is 19.4. The van der Waals surface area contributed by atoms with Gasteiger partial charge in [-0.1, -0.05) is 0 Å². The highest BCUT2D eigenvalue weighted by Crippen LogP contribution is 2.27. The summed E-state index contributed by atoms with van der Waals surface area (Å²) in [6.07, 6.45) is -2.84. The van der Waals surface area contributed by atoms with Crippen LogP contribution in [0.1, 0.15) is 13.8 Å². The SMILES string of the molecule is CCOC(=O)C1(C)N=CC=C(C(F)(F)F)N1. The molecule has 0 aromatic rings. The molecule has 1 heterocycles. The lowest BCUT2D eigenvalue weighted by Crippen LogP contribution is -2.52. The van der Waals surface area contributed by atoms with Crippen molar-refractivity contribution in [3.8, 4) is 0 Å². The summed E-state index contributed by atoms with van der Waals surface area (Å²) in [5.41, 5.74) is -2.73. The fourth-order valence-corrected chi connectivity index (χ4v) is 1.14. The second-order valence-electron chi connectivity index (χ2n) is 3.27. The third-order valence-corrected chi connectivity index (χ3v) is 1.93. The van der Waals surface area contributed by atoms with Gasteiger partial charge < -0.3 is 10.1 Å². The second kappa shape index (κ2) is 4.15. The Bertz CT molecular complexity index is 349. The van der Waals surface area contributed by atoms with E-state index in [1.807, 2.05) is 5.32 Å². The molecule has 16 heavy (non-hydrogen) atoms. The van der Waals surface area contributed by atoms with Crippen LogP contribution in [0.4, 0.5) is 13.2 Å². The Morgan fingerprint density at radius 2 is 2.25 bits per heavy atom. The second-order valence-corrected chi connectivity index (χ2v) is 3.27. The molecule has 0 saturated carbocycles. The van der Waals surface area contributed by atoms with E-state index in [4.69, 9.17) is 0 Å².